The van der Waals surface area contributed by atoms with Gasteiger partial charge in [-0.25, -0.2) is 0 Å². The number of alkyl halides is 1. The second-order valence-corrected chi connectivity index (χ2v) is 2.72. The van der Waals surface area contributed by atoms with Gasteiger partial charge in [-0.1, -0.05) is 6.92 Å². The van der Waals surface area contributed by atoms with Crippen molar-refractivity contribution in [1.82, 2.24) is 0 Å². The number of ether oxygens (including phenoxy) is 1. The predicted octanol–water partition coefficient (Wildman–Crippen LogP) is 1.32. The first-order chi connectivity index (χ1) is 4.24. The Bertz CT molecular complexity index is 116. The van der Waals surface area contributed by atoms with Gasteiger partial charge in [0.05, 0.1) is 11.8 Å². The maximum absolute atomic E-state index is 10.2. The van der Waals surface area contributed by atoms with E-state index in [2.05, 4.69) is 0 Å². The van der Waals surface area contributed by atoms with Crippen molar-refractivity contribution in [1.29, 1.82) is 0 Å². The van der Waals surface area contributed by atoms with Crippen molar-refractivity contribution < 1.29 is 9.53 Å². The molecule has 2 atom stereocenters. The highest BCUT2D eigenvalue weighted by atomic mass is 35.5. The Morgan fingerprint density at radius 3 is 2.89 bits per heavy atom. The van der Waals surface area contributed by atoms with Crippen LogP contribution in [0, 0.1) is 0 Å². The zero-order valence-electron chi connectivity index (χ0n) is 5.26. The highest BCUT2D eigenvalue weighted by molar-refractivity contribution is 6.21. The van der Waals surface area contributed by atoms with E-state index in [4.69, 9.17) is 16.3 Å². The molecule has 0 aromatic heterocycles. The highest BCUT2D eigenvalue weighted by Crippen LogP contribution is 2.22. The molecule has 1 heterocycles. The van der Waals surface area contributed by atoms with Gasteiger partial charge in [-0.15, -0.1) is 11.6 Å². The first kappa shape index (κ1) is 6.87. The first-order valence-corrected chi connectivity index (χ1v) is 3.51. The fraction of sp³-hybridized carbons (Fsp3) is 0.833. The Morgan fingerprint density at radius 1 is 2.00 bits per heavy atom. The molecule has 0 aromatic carbocycles. The first-order valence-electron chi connectivity index (χ1n) is 3.07. The smallest absolute Gasteiger partial charge is 0.309 e. The van der Waals surface area contributed by atoms with E-state index in [1.165, 1.54) is 0 Å². The highest BCUT2D eigenvalue weighted by Gasteiger charge is 2.33. The number of cyclic esters (lactones) is 1. The molecule has 1 aliphatic heterocycles. The molecule has 1 rings (SSSR count). The molecule has 2 nitrogen and oxygen atoms in total. The normalized spacial score (nSPS) is 28.7. The molecule has 1 fully saturated rings. The number of hydrogen-bond acceptors (Lipinski definition) is 2. The van der Waals surface area contributed by atoms with Gasteiger partial charge in [0.1, 0.15) is 6.10 Å². The summed E-state index contributed by atoms with van der Waals surface area (Å²) in [4.78, 5) is 10.2. The van der Waals surface area contributed by atoms with Gasteiger partial charge in [0.25, 0.3) is 0 Å². The summed E-state index contributed by atoms with van der Waals surface area (Å²) in [7, 11) is 0. The van der Waals surface area contributed by atoms with Gasteiger partial charge in [0.15, 0.2) is 0 Å². The molecule has 9 heavy (non-hydrogen) atoms. The van der Waals surface area contributed by atoms with Crippen LogP contribution in [0.2, 0.25) is 0 Å². The second-order valence-electron chi connectivity index (χ2n) is 2.16. The molecule has 0 spiro atoms. The molecule has 1 saturated heterocycles. The van der Waals surface area contributed by atoms with E-state index in [1.54, 1.807) is 0 Å². The second kappa shape index (κ2) is 2.56. The predicted molar refractivity (Wildman–Crippen MR) is 34.4 cm³/mol. The van der Waals surface area contributed by atoms with E-state index >= 15 is 0 Å². The lowest BCUT2D eigenvalue weighted by molar-refractivity contribution is -0.169. The lowest BCUT2D eigenvalue weighted by Gasteiger charge is -2.28. The third-order valence-electron chi connectivity index (χ3n) is 1.44. The monoisotopic (exact) mass is 148 g/mol. The van der Waals surface area contributed by atoms with Crippen LogP contribution >= 0.6 is 11.6 Å². The van der Waals surface area contributed by atoms with Gasteiger partial charge in [0.2, 0.25) is 0 Å². The fourth-order valence-electron chi connectivity index (χ4n) is 0.788. The van der Waals surface area contributed by atoms with Crippen LogP contribution in [0.4, 0.5) is 0 Å². The number of carbonyl (C=O) groups excluding carboxylic acids is 1. The average molecular weight is 149 g/mol. The lowest BCUT2D eigenvalue weighted by Crippen LogP contribution is -2.39. The molecule has 0 amide bonds. The fourth-order valence-corrected chi connectivity index (χ4v) is 0.929. The van der Waals surface area contributed by atoms with E-state index in [1.807, 2.05) is 6.92 Å². The van der Waals surface area contributed by atoms with Crippen LogP contribution in [0.3, 0.4) is 0 Å². The molecule has 2 unspecified atom stereocenters. The molecule has 3 heteroatoms. The van der Waals surface area contributed by atoms with E-state index in [0.717, 1.165) is 6.42 Å². The molecular formula is C6H9ClO2. The number of carbonyl (C=O) groups is 1. The van der Waals surface area contributed by atoms with Crippen molar-refractivity contribution in [3.05, 3.63) is 0 Å². The molecule has 1 aliphatic rings. The van der Waals surface area contributed by atoms with E-state index in [9.17, 15) is 4.79 Å². The average Bonchev–Trinajstić information content (AvgIpc) is 1.79. The van der Waals surface area contributed by atoms with E-state index in [-0.39, 0.29) is 17.5 Å². The minimum absolute atomic E-state index is 0.0100. The van der Waals surface area contributed by atoms with Gasteiger partial charge in [0, 0.05) is 0 Å². The number of rotatable bonds is 2. The Balaban J connectivity index is 2.23. The lowest BCUT2D eigenvalue weighted by atomic mass is 10.1. The summed E-state index contributed by atoms with van der Waals surface area (Å²) in [5, 5.41) is 0.0164. The van der Waals surface area contributed by atoms with Crippen LogP contribution in [0.1, 0.15) is 19.8 Å². The topological polar surface area (TPSA) is 26.3 Å². The largest absolute Gasteiger partial charge is 0.460 e. The maximum Gasteiger partial charge on any atom is 0.309 e. The molecular weight excluding hydrogens is 140 g/mol. The number of esters is 1. The van der Waals surface area contributed by atoms with Gasteiger partial charge in [-0.05, 0) is 6.42 Å². The van der Waals surface area contributed by atoms with Crippen LogP contribution in [-0.4, -0.2) is 17.5 Å². The zero-order chi connectivity index (χ0) is 6.85. The SMILES string of the molecule is CCC(Cl)C1CC(=O)O1. The van der Waals surface area contributed by atoms with Crippen molar-refractivity contribution >= 4 is 17.6 Å². The Labute approximate surface area is 59.1 Å². The number of hydrogen-bond donors (Lipinski definition) is 0. The van der Waals surface area contributed by atoms with Crippen LogP contribution in [0.5, 0.6) is 0 Å². The molecule has 0 aromatic rings. The molecule has 0 saturated carbocycles. The van der Waals surface area contributed by atoms with E-state index in [0.29, 0.717) is 6.42 Å². The molecule has 0 radical (unpaired) electrons. The minimum Gasteiger partial charge on any atom is -0.460 e. The van der Waals surface area contributed by atoms with Crippen LogP contribution in [0.15, 0.2) is 0 Å². The van der Waals surface area contributed by atoms with Crippen molar-refractivity contribution in [3.8, 4) is 0 Å². The standard InChI is InChI=1S/C6H9ClO2/c1-2-4(7)5-3-6(8)9-5/h4-5H,2-3H2,1H3. The summed E-state index contributed by atoms with van der Waals surface area (Å²) in [5.74, 6) is -0.126. The minimum atomic E-state index is -0.126. The summed E-state index contributed by atoms with van der Waals surface area (Å²) < 4.78 is 4.72. The van der Waals surface area contributed by atoms with Crippen molar-refractivity contribution in [3.63, 3.8) is 0 Å². The van der Waals surface area contributed by atoms with Gasteiger partial charge < -0.3 is 4.74 Å². The third-order valence-corrected chi connectivity index (χ3v) is 2.03. The zero-order valence-corrected chi connectivity index (χ0v) is 6.02. The molecule has 52 valence electrons. The quantitative estimate of drug-likeness (QED) is 0.436. The molecule has 0 N–H and O–H groups in total. The Kier molecular flexibility index (Phi) is 1.96. The summed E-state index contributed by atoms with van der Waals surface area (Å²) >= 11 is 5.76. The van der Waals surface area contributed by atoms with Gasteiger partial charge in [-0.3, -0.25) is 4.79 Å². The van der Waals surface area contributed by atoms with Crippen LogP contribution in [-0.2, 0) is 9.53 Å². The van der Waals surface area contributed by atoms with Gasteiger partial charge in [-0.2, -0.15) is 0 Å². The van der Waals surface area contributed by atoms with Crippen molar-refractivity contribution in [2.75, 3.05) is 0 Å². The van der Waals surface area contributed by atoms with Crippen LogP contribution in [0.25, 0.3) is 0 Å². The molecule has 0 bridgehead atoms. The Morgan fingerprint density at radius 2 is 2.56 bits per heavy atom. The van der Waals surface area contributed by atoms with Gasteiger partial charge >= 0.3 is 5.97 Å². The number of halogens is 1. The van der Waals surface area contributed by atoms with Crippen LogP contribution < -0.4 is 0 Å². The third kappa shape index (κ3) is 1.36. The summed E-state index contributed by atoms with van der Waals surface area (Å²) in [5.41, 5.74) is 0. The Hall–Kier alpha value is -0.240. The molecule has 0 aliphatic carbocycles. The summed E-state index contributed by atoms with van der Waals surface area (Å²) in [6.45, 7) is 1.98. The summed E-state index contributed by atoms with van der Waals surface area (Å²) in [6.07, 6.45) is 1.35. The van der Waals surface area contributed by atoms with Crippen molar-refractivity contribution in [2.24, 2.45) is 0 Å². The summed E-state index contributed by atoms with van der Waals surface area (Å²) in [6, 6.07) is 0. The van der Waals surface area contributed by atoms with Crippen molar-refractivity contribution in [2.45, 2.75) is 31.2 Å². The maximum atomic E-state index is 10.2. The van der Waals surface area contributed by atoms with E-state index < -0.39 is 0 Å².